The summed E-state index contributed by atoms with van der Waals surface area (Å²) < 4.78 is 17.4. The number of carbonyl (C=O) groups excluding carboxylic acids is 3. The highest BCUT2D eigenvalue weighted by atomic mass is 16.6. The fourth-order valence-corrected chi connectivity index (χ4v) is 9.36. The predicted octanol–water partition coefficient (Wildman–Crippen LogP) is 12.0. The normalized spacial score (nSPS) is 18.1. The van der Waals surface area contributed by atoms with E-state index in [4.69, 9.17) is 19.6 Å². The van der Waals surface area contributed by atoms with Crippen LogP contribution in [0.1, 0.15) is 218 Å². The SMILES string of the molecule is CCCCCCCCCCCCCCCCCCN(C(=O)CCCCCCCCCCCCC)[C@@H]1O[C@H](CO)[C@@H](O)[C@H](O)[C@H]1NC(=O)[C@H](CCC(=N)OCc1ccccc1)NC(=O)OCc1ccccc1. The van der Waals surface area contributed by atoms with Crippen LogP contribution in [0.4, 0.5) is 4.79 Å². The van der Waals surface area contributed by atoms with Crippen LogP contribution in [-0.2, 0) is 37.0 Å². The Morgan fingerprint density at radius 3 is 1.51 bits per heavy atom. The van der Waals surface area contributed by atoms with Crippen molar-refractivity contribution >= 4 is 23.8 Å². The summed E-state index contributed by atoms with van der Waals surface area (Å²) in [6, 6.07) is 15.9. The van der Waals surface area contributed by atoms with Crippen molar-refractivity contribution in [1.29, 1.82) is 5.41 Å². The molecule has 1 heterocycles. The first-order chi connectivity index (χ1) is 34.7. The zero-order valence-electron chi connectivity index (χ0n) is 44.0. The van der Waals surface area contributed by atoms with Gasteiger partial charge >= 0.3 is 6.09 Å². The monoisotopic (exact) mass is 993 g/mol. The molecule has 3 amide bonds. The molecule has 0 saturated carbocycles. The Hall–Kier alpha value is -4.04. The zero-order chi connectivity index (χ0) is 51.2. The van der Waals surface area contributed by atoms with Gasteiger partial charge in [0.2, 0.25) is 11.8 Å². The van der Waals surface area contributed by atoms with Gasteiger partial charge in [0, 0.05) is 19.4 Å². The van der Waals surface area contributed by atoms with Crippen LogP contribution in [-0.4, -0.2) is 93.8 Å². The molecular weight excluding hydrogens is 897 g/mol. The molecule has 13 heteroatoms. The molecule has 1 aliphatic heterocycles. The van der Waals surface area contributed by atoms with E-state index in [0.29, 0.717) is 19.4 Å². The van der Waals surface area contributed by atoms with Crippen LogP contribution in [0, 0.1) is 5.41 Å². The van der Waals surface area contributed by atoms with Crippen LogP contribution in [0.2, 0.25) is 0 Å². The van der Waals surface area contributed by atoms with Crippen molar-refractivity contribution in [2.24, 2.45) is 0 Å². The summed E-state index contributed by atoms with van der Waals surface area (Å²) in [4.78, 5) is 43.5. The lowest BCUT2D eigenvalue weighted by Gasteiger charge is -2.47. The van der Waals surface area contributed by atoms with Crippen molar-refractivity contribution in [3.05, 3.63) is 71.8 Å². The van der Waals surface area contributed by atoms with Crippen LogP contribution in [0.25, 0.3) is 0 Å². The molecule has 6 N–H and O–H groups in total. The quantitative estimate of drug-likeness (QED) is 0.0214. The largest absolute Gasteiger partial charge is 0.476 e. The van der Waals surface area contributed by atoms with Crippen molar-refractivity contribution in [2.45, 2.75) is 256 Å². The maximum absolute atomic E-state index is 14.4. The lowest BCUT2D eigenvalue weighted by Crippen LogP contribution is -2.70. The summed E-state index contributed by atoms with van der Waals surface area (Å²) in [6.07, 6.45) is 25.6. The number of alkyl carbamates (subject to hydrolysis) is 1. The van der Waals surface area contributed by atoms with Gasteiger partial charge in [0.05, 0.1) is 6.61 Å². The number of unbranched alkanes of at least 4 members (excludes halogenated alkanes) is 25. The Bertz CT molecular complexity index is 1670. The van der Waals surface area contributed by atoms with Crippen molar-refractivity contribution in [2.75, 3.05) is 13.2 Å². The molecule has 0 radical (unpaired) electrons. The molecule has 1 fully saturated rings. The van der Waals surface area contributed by atoms with Gasteiger partial charge in [-0.05, 0) is 30.4 Å². The van der Waals surface area contributed by atoms with E-state index in [1.54, 1.807) is 4.90 Å². The van der Waals surface area contributed by atoms with E-state index in [9.17, 15) is 29.7 Å². The Labute approximate surface area is 428 Å². The van der Waals surface area contributed by atoms with E-state index >= 15 is 0 Å². The number of amides is 3. The van der Waals surface area contributed by atoms with E-state index < -0.39 is 55.2 Å². The van der Waals surface area contributed by atoms with Crippen LogP contribution in [0.3, 0.4) is 0 Å². The van der Waals surface area contributed by atoms with Gasteiger partial charge in [-0.15, -0.1) is 0 Å². The van der Waals surface area contributed by atoms with Crippen LogP contribution in [0.5, 0.6) is 0 Å². The number of carbonyl (C=O) groups is 3. The molecule has 71 heavy (non-hydrogen) atoms. The Morgan fingerprint density at radius 2 is 1.04 bits per heavy atom. The Balaban J connectivity index is 1.68. The van der Waals surface area contributed by atoms with E-state index in [-0.39, 0.29) is 44.3 Å². The standard InChI is InChI=1S/C58H96N4O9/c1-3-5-7-9-11-13-15-16-17-18-19-21-23-25-27-35-43-62(52(64)40-34-26-24-22-20-14-12-10-8-6-4-2)57-53(55(66)54(65)50(44-63)71-57)61-56(67)49(60-58(68)70-46-48-38-32-29-33-39-48)41-42-51(59)69-45-47-36-30-28-31-37-47/h28-33,36-39,49-50,53-55,57,59,63,65-66H,3-27,34-35,40-46H2,1-2H3,(H,60,68)(H,61,67)/t49-,50+,53+,54+,55+,57+/m0/s1. The molecule has 13 nitrogen and oxygen atoms in total. The molecule has 0 spiro atoms. The van der Waals surface area contributed by atoms with E-state index in [0.717, 1.165) is 49.7 Å². The van der Waals surface area contributed by atoms with Crippen molar-refractivity contribution in [1.82, 2.24) is 15.5 Å². The van der Waals surface area contributed by atoms with Crippen LogP contribution >= 0.6 is 0 Å². The minimum absolute atomic E-state index is 0.0188. The molecule has 1 saturated heterocycles. The Kier molecular flexibility index (Phi) is 34.1. The number of hydrogen-bond acceptors (Lipinski definition) is 10. The zero-order valence-corrected chi connectivity index (χ0v) is 44.0. The molecule has 402 valence electrons. The molecule has 0 unspecified atom stereocenters. The van der Waals surface area contributed by atoms with Crippen LogP contribution < -0.4 is 10.6 Å². The van der Waals surface area contributed by atoms with Gasteiger partial charge < -0.3 is 45.1 Å². The molecule has 0 aromatic heterocycles. The van der Waals surface area contributed by atoms with Crippen LogP contribution in [0.15, 0.2) is 60.7 Å². The summed E-state index contributed by atoms with van der Waals surface area (Å²) in [6.45, 7) is 4.29. The van der Waals surface area contributed by atoms with E-state index in [1.807, 2.05) is 60.7 Å². The van der Waals surface area contributed by atoms with Gasteiger partial charge in [-0.3, -0.25) is 15.0 Å². The molecular formula is C58H96N4O9. The van der Waals surface area contributed by atoms with Gasteiger partial charge in [-0.1, -0.05) is 235 Å². The average Bonchev–Trinajstić information content (AvgIpc) is 3.38. The molecule has 3 rings (SSSR count). The fraction of sp³-hybridized carbons (Fsp3) is 0.724. The minimum atomic E-state index is -1.63. The summed E-state index contributed by atoms with van der Waals surface area (Å²) >= 11 is 0. The maximum Gasteiger partial charge on any atom is 0.408 e. The minimum Gasteiger partial charge on any atom is -0.476 e. The maximum atomic E-state index is 14.4. The number of aliphatic hydroxyl groups excluding tert-OH is 3. The van der Waals surface area contributed by atoms with Crippen molar-refractivity contribution in [3.8, 4) is 0 Å². The number of ether oxygens (including phenoxy) is 3. The second-order valence-corrected chi connectivity index (χ2v) is 19.9. The second kappa shape index (κ2) is 39.5. The van der Waals surface area contributed by atoms with E-state index in [1.165, 1.54) is 122 Å². The van der Waals surface area contributed by atoms with Gasteiger partial charge in [-0.25, -0.2) is 4.79 Å². The molecule has 2 aromatic carbocycles. The molecule has 0 aliphatic carbocycles. The number of benzene rings is 2. The van der Waals surface area contributed by atoms with E-state index in [2.05, 4.69) is 24.5 Å². The van der Waals surface area contributed by atoms with Gasteiger partial charge in [0.25, 0.3) is 0 Å². The number of nitrogens with zero attached hydrogens (tertiary/aromatic N) is 1. The predicted molar refractivity (Wildman–Crippen MR) is 284 cm³/mol. The third-order valence-electron chi connectivity index (χ3n) is 13.8. The molecule has 2 aromatic rings. The highest BCUT2D eigenvalue weighted by Crippen LogP contribution is 2.27. The van der Waals surface area contributed by atoms with Gasteiger partial charge in [0.15, 0.2) is 12.1 Å². The number of rotatable bonds is 41. The lowest BCUT2D eigenvalue weighted by molar-refractivity contribution is -0.231. The first-order valence-corrected chi connectivity index (χ1v) is 28.1. The average molecular weight is 993 g/mol. The first-order valence-electron chi connectivity index (χ1n) is 28.1. The fourth-order valence-electron chi connectivity index (χ4n) is 9.36. The highest BCUT2D eigenvalue weighted by molar-refractivity contribution is 5.87. The smallest absolute Gasteiger partial charge is 0.408 e. The lowest BCUT2D eigenvalue weighted by atomic mass is 9.94. The number of aliphatic hydroxyl groups is 3. The topological polar surface area (TPSA) is 191 Å². The Morgan fingerprint density at radius 1 is 0.606 bits per heavy atom. The summed E-state index contributed by atoms with van der Waals surface area (Å²) in [5.41, 5.74) is 1.62. The van der Waals surface area contributed by atoms with Crippen molar-refractivity contribution < 1.29 is 43.9 Å². The molecule has 6 atom stereocenters. The van der Waals surface area contributed by atoms with Crippen molar-refractivity contribution in [3.63, 3.8) is 0 Å². The van der Waals surface area contributed by atoms with Gasteiger partial charge in [-0.2, -0.15) is 0 Å². The molecule has 1 aliphatic rings. The third-order valence-corrected chi connectivity index (χ3v) is 13.8. The number of hydrogen-bond donors (Lipinski definition) is 6. The highest BCUT2D eigenvalue weighted by Gasteiger charge is 2.48. The first kappa shape index (κ1) is 61.3. The van der Waals surface area contributed by atoms with Gasteiger partial charge in [0.1, 0.15) is 43.6 Å². The third kappa shape index (κ3) is 27.0. The number of nitrogens with one attached hydrogen (secondary N) is 3. The summed E-state index contributed by atoms with van der Waals surface area (Å²) in [7, 11) is 0. The summed E-state index contributed by atoms with van der Waals surface area (Å²) in [5.74, 6) is -1.01. The summed E-state index contributed by atoms with van der Waals surface area (Å²) in [5, 5.41) is 47.1. The molecule has 0 bridgehead atoms. The second-order valence-electron chi connectivity index (χ2n) is 19.9.